The van der Waals surface area contributed by atoms with Crippen molar-refractivity contribution in [3.63, 3.8) is 0 Å². The van der Waals surface area contributed by atoms with Gasteiger partial charge in [0.25, 0.3) is 0 Å². The Balaban J connectivity index is 1.96. The van der Waals surface area contributed by atoms with Crippen molar-refractivity contribution in [3.8, 4) is 5.75 Å². The first-order chi connectivity index (χ1) is 13.1. The van der Waals surface area contributed by atoms with Gasteiger partial charge in [-0.15, -0.1) is 0 Å². The Morgan fingerprint density at radius 1 is 1.11 bits per heavy atom. The van der Waals surface area contributed by atoms with Crippen LogP contribution < -0.4 is 15.4 Å². The zero-order valence-corrected chi connectivity index (χ0v) is 14.9. The van der Waals surface area contributed by atoms with E-state index in [1.54, 1.807) is 24.3 Å². The molecule has 3 N–H and O–H groups in total. The highest BCUT2D eigenvalue weighted by Gasteiger charge is 2.15. The Labute approximate surface area is 157 Å². The molecule has 2 aromatic rings. The van der Waals surface area contributed by atoms with Crippen LogP contribution in [0.15, 0.2) is 54.6 Å². The molecule has 0 radical (unpaired) electrons. The molecule has 2 rings (SSSR count). The molecule has 6 nitrogen and oxygen atoms in total. The number of benzene rings is 2. The van der Waals surface area contributed by atoms with Gasteiger partial charge < -0.3 is 20.5 Å². The van der Waals surface area contributed by atoms with Crippen molar-refractivity contribution < 1.29 is 23.8 Å². The Kier molecular flexibility index (Phi) is 8.09. The number of alkyl halides is 1. The first-order valence-corrected chi connectivity index (χ1v) is 8.69. The third kappa shape index (κ3) is 7.77. The van der Waals surface area contributed by atoms with Crippen LogP contribution in [0, 0.1) is 0 Å². The number of nitrogens with one attached hydrogen (secondary N) is 2. The second kappa shape index (κ2) is 10.8. The maximum absolute atomic E-state index is 12.3. The van der Waals surface area contributed by atoms with E-state index < -0.39 is 18.7 Å². The monoisotopic (exact) mass is 374 g/mol. The van der Waals surface area contributed by atoms with E-state index in [9.17, 15) is 14.0 Å². The van der Waals surface area contributed by atoms with Gasteiger partial charge in [-0.25, -0.2) is 9.18 Å². The topological polar surface area (TPSA) is 87.7 Å². The molecule has 0 saturated heterocycles. The second-order valence-corrected chi connectivity index (χ2v) is 5.98. The summed E-state index contributed by atoms with van der Waals surface area (Å²) in [5.41, 5.74) is 1.51. The summed E-state index contributed by atoms with van der Waals surface area (Å²) in [5, 5.41) is 14.4. The van der Waals surface area contributed by atoms with E-state index in [1.807, 2.05) is 30.3 Å². The standard InChI is InChI=1S/C20H23FN2O4/c21-11-12-27-18-8-4-7-16(14-18)22-20(26)23-17(9-10-19(24)25)13-15-5-2-1-3-6-15/h1-8,14,17H,9-13H2,(H,24,25)(H2,22,23,26). The van der Waals surface area contributed by atoms with Crippen molar-refractivity contribution in [3.05, 3.63) is 60.2 Å². The van der Waals surface area contributed by atoms with E-state index in [4.69, 9.17) is 9.84 Å². The minimum atomic E-state index is -0.909. The van der Waals surface area contributed by atoms with Crippen molar-refractivity contribution in [2.45, 2.75) is 25.3 Å². The number of ether oxygens (including phenoxy) is 1. The van der Waals surface area contributed by atoms with Gasteiger partial charge in [-0.05, 0) is 30.5 Å². The van der Waals surface area contributed by atoms with E-state index in [-0.39, 0.29) is 19.1 Å². The summed E-state index contributed by atoms with van der Waals surface area (Å²) in [4.78, 5) is 23.2. The van der Waals surface area contributed by atoms with Crippen molar-refractivity contribution in [1.29, 1.82) is 0 Å². The van der Waals surface area contributed by atoms with Gasteiger partial charge in [0.15, 0.2) is 0 Å². The fourth-order valence-corrected chi connectivity index (χ4v) is 2.59. The quantitative estimate of drug-likeness (QED) is 0.593. The van der Waals surface area contributed by atoms with Crippen molar-refractivity contribution in [1.82, 2.24) is 5.32 Å². The number of carbonyl (C=O) groups excluding carboxylic acids is 1. The molecule has 0 aliphatic rings. The van der Waals surface area contributed by atoms with Gasteiger partial charge in [0.1, 0.15) is 19.0 Å². The van der Waals surface area contributed by atoms with E-state index in [2.05, 4.69) is 10.6 Å². The van der Waals surface area contributed by atoms with Crippen LogP contribution in [0.4, 0.5) is 14.9 Å². The number of aliphatic carboxylic acids is 1. The lowest BCUT2D eigenvalue weighted by atomic mass is 10.0. The van der Waals surface area contributed by atoms with Gasteiger partial charge in [-0.1, -0.05) is 36.4 Å². The number of amides is 2. The third-order valence-electron chi connectivity index (χ3n) is 3.80. The molecule has 0 saturated carbocycles. The van der Waals surface area contributed by atoms with Crippen LogP contribution in [-0.4, -0.2) is 36.4 Å². The number of hydrogen-bond acceptors (Lipinski definition) is 3. The molecule has 2 aromatic carbocycles. The highest BCUT2D eigenvalue weighted by molar-refractivity contribution is 5.89. The summed E-state index contributed by atoms with van der Waals surface area (Å²) in [5.74, 6) is -0.454. The highest BCUT2D eigenvalue weighted by atomic mass is 19.1. The molecule has 0 fully saturated rings. The first kappa shape index (κ1) is 20.2. The maximum Gasteiger partial charge on any atom is 0.319 e. The summed E-state index contributed by atoms with van der Waals surface area (Å²) in [6.45, 7) is -0.646. The molecular formula is C20H23FN2O4. The molecule has 0 bridgehead atoms. The number of hydrogen-bond donors (Lipinski definition) is 3. The smallest absolute Gasteiger partial charge is 0.319 e. The second-order valence-electron chi connectivity index (χ2n) is 5.98. The van der Waals surface area contributed by atoms with E-state index in [0.717, 1.165) is 5.56 Å². The summed E-state index contributed by atoms with van der Waals surface area (Å²) >= 11 is 0. The maximum atomic E-state index is 12.3. The molecule has 1 unspecified atom stereocenters. The van der Waals surface area contributed by atoms with E-state index in [1.165, 1.54) is 0 Å². The van der Waals surface area contributed by atoms with E-state index in [0.29, 0.717) is 24.3 Å². The molecule has 1 atom stereocenters. The van der Waals surface area contributed by atoms with Crippen LogP contribution in [0.2, 0.25) is 0 Å². The molecule has 0 heterocycles. The molecule has 0 aliphatic heterocycles. The van der Waals surface area contributed by atoms with Gasteiger partial charge >= 0.3 is 12.0 Å². The molecule has 2 amide bonds. The van der Waals surface area contributed by atoms with Gasteiger partial charge in [-0.3, -0.25) is 4.79 Å². The van der Waals surface area contributed by atoms with Gasteiger partial charge in [-0.2, -0.15) is 0 Å². The Hall–Kier alpha value is -3.09. The van der Waals surface area contributed by atoms with Gasteiger partial charge in [0.2, 0.25) is 0 Å². The average Bonchev–Trinajstić information content (AvgIpc) is 2.65. The fourth-order valence-electron chi connectivity index (χ4n) is 2.59. The van der Waals surface area contributed by atoms with Gasteiger partial charge in [0.05, 0.1) is 0 Å². The SMILES string of the molecule is O=C(O)CCC(Cc1ccccc1)NC(=O)Nc1cccc(OCCF)c1. The van der Waals surface area contributed by atoms with Crippen molar-refractivity contribution in [2.24, 2.45) is 0 Å². The first-order valence-electron chi connectivity index (χ1n) is 8.69. The lowest BCUT2D eigenvalue weighted by molar-refractivity contribution is -0.137. The van der Waals surface area contributed by atoms with Crippen molar-refractivity contribution >= 4 is 17.7 Å². The van der Waals surface area contributed by atoms with Gasteiger partial charge in [0, 0.05) is 24.2 Å². The number of rotatable bonds is 10. The lowest BCUT2D eigenvalue weighted by Gasteiger charge is -2.19. The average molecular weight is 374 g/mol. The predicted molar refractivity (Wildman–Crippen MR) is 101 cm³/mol. The summed E-state index contributed by atoms with van der Waals surface area (Å²) in [6.07, 6.45) is 0.808. The highest BCUT2D eigenvalue weighted by Crippen LogP contribution is 2.17. The summed E-state index contributed by atoms with van der Waals surface area (Å²) in [7, 11) is 0. The van der Waals surface area contributed by atoms with Crippen molar-refractivity contribution in [2.75, 3.05) is 18.6 Å². The van der Waals surface area contributed by atoms with Crippen LogP contribution >= 0.6 is 0 Å². The lowest BCUT2D eigenvalue weighted by Crippen LogP contribution is -2.39. The largest absolute Gasteiger partial charge is 0.491 e. The molecule has 0 aliphatic carbocycles. The number of carbonyl (C=O) groups is 2. The molecule has 27 heavy (non-hydrogen) atoms. The molecule has 7 heteroatoms. The Bertz CT molecular complexity index is 740. The number of urea groups is 1. The van der Waals surface area contributed by atoms with Crippen LogP contribution in [0.3, 0.4) is 0 Å². The van der Waals surface area contributed by atoms with Crippen LogP contribution in [0.1, 0.15) is 18.4 Å². The van der Waals surface area contributed by atoms with Crippen LogP contribution in [0.5, 0.6) is 5.75 Å². The molecule has 144 valence electrons. The zero-order valence-electron chi connectivity index (χ0n) is 14.9. The fraction of sp³-hybridized carbons (Fsp3) is 0.300. The molecule has 0 spiro atoms. The number of carboxylic acid groups (broad SMARTS) is 1. The Morgan fingerprint density at radius 3 is 2.59 bits per heavy atom. The molecular weight excluding hydrogens is 351 g/mol. The Morgan fingerprint density at radius 2 is 1.89 bits per heavy atom. The third-order valence-corrected chi connectivity index (χ3v) is 3.80. The van der Waals surface area contributed by atoms with Crippen LogP contribution in [-0.2, 0) is 11.2 Å². The van der Waals surface area contributed by atoms with E-state index >= 15 is 0 Å². The summed E-state index contributed by atoms with van der Waals surface area (Å²) < 4.78 is 17.4. The summed E-state index contributed by atoms with van der Waals surface area (Å²) in [6, 6.07) is 15.4. The number of carboxylic acids is 1. The zero-order chi connectivity index (χ0) is 19.5. The molecule has 0 aromatic heterocycles. The minimum Gasteiger partial charge on any atom is -0.491 e. The normalized spacial score (nSPS) is 11.4. The minimum absolute atomic E-state index is 0.0374. The van der Waals surface area contributed by atoms with Crippen LogP contribution in [0.25, 0.3) is 0 Å². The number of halogens is 1. The number of anilines is 1. The predicted octanol–water partition coefficient (Wildman–Crippen LogP) is 3.63.